The predicted octanol–water partition coefficient (Wildman–Crippen LogP) is 1.23. The number of carbonyl (C=O) groups excluding carboxylic acids is 1. The quantitative estimate of drug-likeness (QED) is 0.901. The number of para-hydroxylation sites is 1. The van der Waals surface area contributed by atoms with Crippen molar-refractivity contribution in [2.75, 3.05) is 0 Å². The van der Waals surface area contributed by atoms with E-state index in [-0.39, 0.29) is 24.1 Å². The van der Waals surface area contributed by atoms with Crippen LogP contribution < -0.4 is 10.9 Å². The molecule has 5 heteroatoms. The summed E-state index contributed by atoms with van der Waals surface area (Å²) >= 11 is 0. The molecule has 0 saturated heterocycles. The Morgan fingerprint density at radius 3 is 2.84 bits per heavy atom. The van der Waals surface area contributed by atoms with Gasteiger partial charge in [-0.2, -0.15) is 0 Å². The molecule has 0 aliphatic rings. The highest BCUT2D eigenvalue weighted by molar-refractivity contribution is 5.81. The second kappa shape index (κ2) is 5.22. The Labute approximate surface area is 111 Å². The molecule has 0 spiro atoms. The first-order valence-corrected chi connectivity index (χ1v) is 6.23. The molecular formula is C14H17N3O2. The highest BCUT2D eigenvalue weighted by atomic mass is 16.2. The van der Waals surface area contributed by atoms with Crippen LogP contribution in [-0.4, -0.2) is 21.5 Å². The maximum Gasteiger partial charge on any atom is 0.261 e. The minimum Gasteiger partial charge on any atom is -0.352 e. The SMILES string of the molecule is Cc1cccc2c(=O)n(CC(=O)NC(C)C)cnc12. The molecular weight excluding hydrogens is 242 g/mol. The highest BCUT2D eigenvalue weighted by Crippen LogP contribution is 2.10. The van der Waals surface area contributed by atoms with Crippen molar-refractivity contribution >= 4 is 16.8 Å². The molecule has 1 aromatic heterocycles. The maximum atomic E-state index is 12.2. The normalized spacial score (nSPS) is 10.9. The van der Waals surface area contributed by atoms with Crippen molar-refractivity contribution in [2.45, 2.75) is 33.4 Å². The van der Waals surface area contributed by atoms with Crippen LogP contribution in [0.15, 0.2) is 29.3 Å². The molecule has 19 heavy (non-hydrogen) atoms. The molecule has 2 rings (SSSR count). The number of fused-ring (bicyclic) bond motifs is 1. The van der Waals surface area contributed by atoms with Gasteiger partial charge in [-0.3, -0.25) is 14.2 Å². The lowest BCUT2D eigenvalue weighted by molar-refractivity contribution is -0.122. The third-order valence-corrected chi connectivity index (χ3v) is 2.82. The topological polar surface area (TPSA) is 64.0 Å². The smallest absolute Gasteiger partial charge is 0.261 e. The molecule has 0 aliphatic heterocycles. The summed E-state index contributed by atoms with van der Waals surface area (Å²) in [6, 6.07) is 5.51. The number of rotatable bonds is 3. The molecule has 100 valence electrons. The van der Waals surface area contributed by atoms with Gasteiger partial charge in [-0.25, -0.2) is 4.98 Å². The van der Waals surface area contributed by atoms with E-state index < -0.39 is 0 Å². The highest BCUT2D eigenvalue weighted by Gasteiger charge is 2.09. The molecule has 0 unspecified atom stereocenters. The lowest BCUT2D eigenvalue weighted by Gasteiger charge is -2.10. The summed E-state index contributed by atoms with van der Waals surface area (Å²) in [7, 11) is 0. The Bertz CT molecular complexity index is 674. The zero-order chi connectivity index (χ0) is 14.0. The summed E-state index contributed by atoms with van der Waals surface area (Å²) in [6.45, 7) is 5.66. The van der Waals surface area contributed by atoms with Gasteiger partial charge in [0, 0.05) is 6.04 Å². The molecule has 0 aliphatic carbocycles. The molecule has 0 saturated carbocycles. The van der Waals surface area contributed by atoms with Crippen molar-refractivity contribution in [3.05, 3.63) is 40.4 Å². The van der Waals surface area contributed by atoms with Gasteiger partial charge in [0.15, 0.2) is 0 Å². The van der Waals surface area contributed by atoms with Crippen molar-refractivity contribution in [1.82, 2.24) is 14.9 Å². The van der Waals surface area contributed by atoms with Crippen molar-refractivity contribution in [1.29, 1.82) is 0 Å². The molecule has 5 nitrogen and oxygen atoms in total. The summed E-state index contributed by atoms with van der Waals surface area (Å²) in [5, 5.41) is 3.29. The van der Waals surface area contributed by atoms with Crippen LogP contribution in [-0.2, 0) is 11.3 Å². The summed E-state index contributed by atoms with van der Waals surface area (Å²) in [6.07, 6.45) is 1.43. The van der Waals surface area contributed by atoms with Crippen molar-refractivity contribution in [3.63, 3.8) is 0 Å². The molecule has 0 bridgehead atoms. The number of nitrogens with one attached hydrogen (secondary N) is 1. The molecule has 0 atom stereocenters. The zero-order valence-electron chi connectivity index (χ0n) is 11.3. The van der Waals surface area contributed by atoms with Gasteiger partial charge in [0.25, 0.3) is 5.56 Å². The molecule has 1 aromatic carbocycles. The molecule has 1 N–H and O–H groups in total. The van der Waals surface area contributed by atoms with Crippen LogP contribution in [0.3, 0.4) is 0 Å². The molecule has 0 fully saturated rings. The fraction of sp³-hybridized carbons (Fsp3) is 0.357. The first kappa shape index (κ1) is 13.3. The fourth-order valence-electron chi connectivity index (χ4n) is 1.97. The van der Waals surface area contributed by atoms with E-state index in [9.17, 15) is 9.59 Å². The number of hydrogen-bond donors (Lipinski definition) is 1. The monoisotopic (exact) mass is 259 g/mol. The van der Waals surface area contributed by atoms with E-state index in [1.807, 2.05) is 32.9 Å². The minimum absolute atomic E-state index is 0.00606. The van der Waals surface area contributed by atoms with Gasteiger partial charge in [-0.15, -0.1) is 0 Å². The summed E-state index contributed by atoms with van der Waals surface area (Å²) in [4.78, 5) is 28.2. The van der Waals surface area contributed by atoms with Gasteiger partial charge in [0.05, 0.1) is 17.2 Å². The molecule has 2 aromatic rings. The van der Waals surface area contributed by atoms with Gasteiger partial charge in [-0.1, -0.05) is 12.1 Å². The van der Waals surface area contributed by atoms with Crippen LogP contribution in [0.2, 0.25) is 0 Å². The van der Waals surface area contributed by atoms with E-state index in [1.54, 1.807) is 6.07 Å². The zero-order valence-corrected chi connectivity index (χ0v) is 11.3. The summed E-state index contributed by atoms with van der Waals surface area (Å²) < 4.78 is 1.33. The number of amides is 1. The van der Waals surface area contributed by atoms with E-state index in [0.29, 0.717) is 10.9 Å². The second-order valence-electron chi connectivity index (χ2n) is 4.87. The first-order valence-electron chi connectivity index (χ1n) is 6.23. The van der Waals surface area contributed by atoms with Crippen LogP contribution in [0, 0.1) is 6.92 Å². The Balaban J connectivity index is 2.39. The molecule has 0 radical (unpaired) electrons. The largest absolute Gasteiger partial charge is 0.352 e. The number of aromatic nitrogens is 2. The third kappa shape index (κ3) is 2.81. The van der Waals surface area contributed by atoms with Gasteiger partial charge >= 0.3 is 0 Å². The van der Waals surface area contributed by atoms with Crippen LogP contribution in [0.5, 0.6) is 0 Å². The van der Waals surface area contributed by atoms with E-state index in [2.05, 4.69) is 10.3 Å². The number of carbonyl (C=O) groups is 1. The van der Waals surface area contributed by atoms with E-state index in [0.717, 1.165) is 5.56 Å². The average Bonchev–Trinajstić information content (AvgIpc) is 2.32. The number of benzene rings is 1. The Hall–Kier alpha value is -2.17. The molecule has 1 amide bonds. The minimum atomic E-state index is -0.189. The van der Waals surface area contributed by atoms with E-state index >= 15 is 0 Å². The lowest BCUT2D eigenvalue weighted by Crippen LogP contribution is -2.36. The Kier molecular flexibility index (Phi) is 3.64. The van der Waals surface area contributed by atoms with Gasteiger partial charge in [-0.05, 0) is 32.4 Å². The second-order valence-corrected chi connectivity index (χ2v) is 4.87. The van der Waals surface area contributed by atoms with E-state index in [4.69, 9.17) is 0 Å². The average molecular weight is 259 g/mol. The first-order chi connectivity index (χ1) is 8.99. The van der Waals surface area contributed by atoms with Gasteiger partial charge in [0.2, 0.25) is 5.91 Å². The van der Waals surface area contributed by atoms with Crippen LogP contribution >= 0.6 is 0 Å². The predicted molar refractivity (Wildman–Crippen MR) is 74.0 cm³/mol. The van der Waals surface area contributed by atoms with Gasteiger partial charge in [0.1, 0.15) is 6.54 Å². The van der Waals surface area contributed by atoms with Crippen molar-refractivity contribution < 1.29 is 4.79 Å². The third-order valence-electron chi connectivity index (χ3n) is 2.82. The van der Waals surface area contributed by atoms with Crippen LogP contribution in [0.25, 0.3) is 10.9 Å². The maximum absolute atomic E-state index is 12.2. The number of aryl methyl sites for hydroxylation is 1. The van der Waals surface area contributed by atoms with Crippen molar-refractivity contribution in [2.24, 2.45) is 0 Å². The standard InChI is InChI=1S/C14H17N3O2/c1-9(2)16-12(18)7-17-8-15-13-10(3)5-4-6-11(13)14(17)19/h4-6,8-9H,7H2,1-3H3,(H,16,18). The summed E-state index contributed by atoms with van der Waals surface area (Å²) in [5.41, 5.74) is 1.45. The van der Waals surface area contributed by atoms with Crippen molar-refractivity contribution in [3.8, 4) is 0 Å². The molecule has 1 heterocycles. The van der Waals surface area contributed by atoms with Gasteiger partial charge < -0.3 is 5.32 Å². The van der Waals surface area contributed by atoms with Crippen LogP contribution in [0.1, 0.15) is 19.4 Å². The Morgan fingerprint density at radius 1 is 1.42 bits per heavy atom. The lowest BCUT2D eigenvalue weighted by atomic mass is 10.1. The number of nitrogens with zero attached hydrogens (tertiary/aromatic N) is 2. The van der Waals surface area contributed by atoms with Crippen LogP contribution in [0.4, 0.5) is 0 Å². The fourth-order valence-corrected chi connectivity index (χ4v) is 1.97. The Morgan fingerprint density at radius 2 is 2.16 bits per heavy atom. The number of hydrogen-bond acceptors (Lipinski definition) is 3. The summed E-state index contributed by atoms with van der Waals surface area (Å²) in [5.74, 6) is -0.189. The van der Waals surface area contributed by atoms with E-state index in [1.165, 1.54) is 10.9 Å².